The van der Waals surface area contributed by atoms with Gasteiger partial charge in [-0.2, -0.15) is 0 Å². The summed E-state index contributed by atoms with van der Waals surface area (Å²) >= 11 is 20.9. The Bertz CT molecular complexity index is 650. The molecule has 0 aromatic heterocycles. The molecule has 0 saturated heterocycles. The summed E-state index contributed by atoms with van der Waals surface area (Å²) in [5, 5.41) is 3.04. The minimum Gasteiger partial charge on any atom is -0.320 e. The van der Waals surface area contributed by atoms with Gasteiger partial charge in [0.25, 0.3) is 5.91 Å². The van der Waals surface area contributed by atoms with Gasteiger partial charge in [-0.15, -0.1) is 0 Å². The smallest absolute Gasteiger partial charge is 0.258 e. The van der Waals surface area contributed by atoms with Crippen LogP contribution in [-0.4, -0.2) is 5.91 Å². The van der Waals surface area contributed by atoms with E-state index in [9.17, 15) is 9.18 Å². The molecule has 1 amide bonds. The van der Waals surface area contributed by atoms with Crippen LogP contribution in [0.3, 0.4) is 0 Å². The third-order valence-corrected chi connectivity index (χ3v) is 3.99. The first-order valence-corrected chi connectivity index (χ1v) is 7.22. The first-order chi connectivity index (χ1) is 9.40. The van der Waals surface area contributed by atoms with E-state index in [1.807, 2.05) is 0 Å². The second-order valence-electron chi connectivity index (χ2n) is 3.80. The Hall–Kier alpha value is -0.810. The number of rotatable bonds is 2. The van der Waals surface area contributed by atoms with E-state index in [0.717, 1.165) is 6.07 Å². The lowest BCUT2D eigenvalue weighted by Crippen LogP contribution is -2.14. The minimum absolute atomic E-state index is 0.0633. The Labute approximate surface area is 138 Å². The number of carbonyl (C=O) groups is 1. The van der Waals surface area contributed by atoms with Gasteiger partial charge in [-0.3, -0.25) is 4.79 Å². The molecular formula is C13H6BrCl3FNO. The highest BCUT2D eigenvalue weighted by atomic mass is 79.9. The molecule has 7 heteroatoms. The van der Waals surface area contributed by atoms with E-state index < -0.39 is 11.7 Å². The monoisotopic (exact) mass is 395 g/mol. The summed E-state index contributed by atoms with van der Waals surface area (Å²) in [6.07, 6.45) is 0. The molecule has 0 atom stereocenters. The highest BCUT2D eigenvalue weighted by Crippen LogP contribution is 2.33. The van der Waals surface area contributed by atoms with Crippen LogP contribution in [0.2, 0.25) is 15.1 Å². The number of halogens is 5. The first-order valence-electron chi connectivity index (χ1n) is 5.30. The Morgan fingerprint density at radius 1 is 1.10 bits per heavy atom. The number of benzene rings is 2. The Kier molecular flexibility index (Phi) is 4.91. The molecule has 0 heterocycles. The molecule has 104 valence electrons. The highest BCUT2D eigenvalue weighted by molar-refractivity contribution is 9.10. The maximum absolute atomic E-state index is 13.1. The van der Waals surface area contributed by atoms with Gasteiger partial charge < -0.3 is 5.32 Å². The van der Waals surface area contributed by atoms with Gasteiger partial charge in [-0.1, -0.05) is 40.9 Å². The van der Waals surface area contributed by atoms with Crippen LogP contribution in [0.5, 0.6) is 0 Å². The SMILES string of the molecule is O=C(Nc1c(Cl)cc(F)cc1Br)c1c(Cl)cccc1Cl. The van der Waals surface area contributed by atoms with Crippen molar-refractivity contribution in [2.75, 3.05) is 5.32 Å². The number of amides is 1. The fraction of sp³-hybridized carbons (Fsp3) is 0. The second-order valence-corrected chi connectivity index (χ2v) is 5.87. The molecule has 0 saturated carbocycles. The second kappa shape index (κ2) is 6.31. The molecule has 0 bridgehead atoms. The number of anilines is 1. The van der Waals surface area contributed by atoms with E-state index in [4.69, 9.17) is 34.8 Å². The van der Waals surface area contributed by atoms with Crippen LogP contribution >= 0.6 is 50.7 Å². The normalized spacial score (nSPS) is 10.4. The van der Waals surface area contributed by atoms with Crippen LogP contribution in [0.15, 0.2) is 34.8 Å². The van der Waals surface area contributed by atoms with Crippen LogP contribution in [0.1, 0.15) is 10.4 Å². The fourth-order valence-electron chi connectivity index (χ4n) is 1.55. The molecule has 0 radical (unpaired) electrons. The number of hydrogen-bond acceptors (Lipinski definition) is 1. The molecule has 0 aliphatic heterocycles. The van der Waals surface area contributed by atoms with E-state index in [2.05, 4.69) is 21.2 Å². The summed E-state index contributed by atoms with van der Waals surface area (Å²) in [4.78, 5) is 12.2. The summed E-state index contributed by atoms with van der Waals surface area (Å²) < 4.78 is 13.4. The highest BCUT2D eigenvalue weighted by Gasteiger charge is 2.17. The van der Waals surface area contributed by atoms with Crippen LogP contribution in [-0.2, 0) is 0 Å². The van der Waals surface area contributed by atoms with E-state index in [1.165, 1.54) is 6.07 Å². The average Bonchev–Trinajstić information content (AvgIpc) is 2.33. The van der Waals surface area contributed by atoms with Crippen LogP contribution in [0.4, 0.5) is 10.1 Å². The molecule has 1 N–H and O–H groups in total. The lowest BCUT2D eigenvalue weighted by Gasteiger charge is -2.11. The van der Waals surface area contributed by atoms with Crippen LogP contribution < -0.4 is 5.32 Å². The molecule has 0 unspecified atom stereocenters. The number of hydrogen-bond donors (Lipinski definition) is 1. The van der Waals surface area contributed by atoms with Gasteiger partial charge in [-0.25, -0.2) is 4.39 Å². The van der Waals surface area contributed by atoms with Crippen molar-refractivity contribution in [3.8, 4) is 0 Å². The third-order valence-electron chi connectivity index (χ3n) is 2.44. The summed E-state index contributed by atoms with van der Waals surface area (Å²) in [5.74, 6) is -1.05. The quantitative estimate of drug-likeness (QED) is 0.682. The average molecular weight is 397 g/mol. The van der Waals surface area contributed by atoms with Crippen molar-refractivity contribution >= 4 is 62.3 Å². The zero-order valence-corrected chi connectivity index (χ0v) is 13.5. The van der Waals surface area contributed by atoms with Crippen molar-refractivity contribution in [1.82, 2.24) is 0 Å². The van der Waals surface area contributed by atoms with Crippen molar-refractivity contribution in [2.45, 2.75) is 0 Å². The van der Waals surface area contributed by atoms with Crippen molar-refractivity contribution < 1.29 is 9.18 Å². The zero-order valence-electron chi connectivity index (χ0n) is 9.68. The Morgan fingerprint density at radius 2 is 1.70 bits per heavy atom. The molecule has 20 heavy (non-hydrogen) atoms. The lowest BCUT2D eigenvalue weighted by atomic mass is 10.2. The van der Waals surface area contributed by atoms with Gasteiger partial charge in [0.1, 0.15) is 5.82 Å². The van der Waals surface area contributed by atoms with Gasteiger partial charge in [0.15, 0.2) is 0 Å². The largest absolute Gasteiger partial charge is 0.320 e. The standard InChI is InChI=1S/C13H6BrCl3FNO/c14-7-4-6(18)5-10(17)12(7)19-13(20)11-8(15)2-1-3-9(11)16/h1-5H,(H,19,20). The van der Waals surface area contributed by atoms with E-state index in [0.29, 0.717) is 4.47 Å². The summed E-state index contributed by atoms with van der Waals surface area (Å²) in [6, 6.07) is 7.00. The van der Waals surface area contributed by atoms with Gasteiger partial charge >= 0.3 is 0 Å². The summed E-state index contributed by atoms with van der Waals surface area (Å²) in [6.45, 7) is 0. The fourth-order valence-corrected chi connectivity index (χ4v) is 3.02. The van der Waals surface area contributed by atoms with Crippen molar-refractivity contribution in [3.05, 3.63) is 61.3 Å². The van der Waals surface area contributed by atoms with Crippen LogP contribution in [0, 0.1) is 5.82 Å². The van der Waals surface area contributed by atoms with Crippen molar-refractivity contribution in [2.24, 2.45) is 0 Å². The maximum atomic E-state index is 13.1. The van der Waals surface area contributed by atoms with Crippen LogP contribution in [0.25, 0.3) is 0 Å². The van der Waals surface area contributed by atoms with Crippen molar-refractivity contribution in [1.29, 1.82) is 0 Å². The van der Waals surface area contributed by atoms with Gasteiger partial charge in [0, 0.05) is 4.47 Å². The molecule has 2 rings (SSSR count). The molecule has 2 aromatic carbocycles. The van der Waals surface area contributed by atoms with E-state index in [-0.39, 0.29) is 26.3 Å². The van der Waals surface area contributed by atoms with Gasteiger partial charge in [-0.05, 0) is 40.2 Å². The lowest BCUT2D eigenvalue weighted by molar-refractivity contribution is 0.102. The molecule has 0 aliphatic rings. The Morgan fingerprint density at radius 3 is 2.25 bits per heavy atom. The molecule has 2 aromatic rings. The van der Waals surface area contributed by atoms with Gasteiger partial charge in [0.2, 0.25) is 0 Å². The Balaban J connectivity index is 2.38. The molecule has 0 aliphatic carbocycles. The predicted molar refractivity (Wildman–Crippen MR) is 83.5 cm³/mol. The first kappa shape index (κ1) is 15.6. The number of carbonyl (C=O) groups excluding carboxylic acids is 1. The number of nitrogens with one attached hydrogen (secondary N) is 1. The predicted octanol–water partition coefficient (Wildman–Crippen LogP) is 5.80. The maximum Gasteiger partial charge on any atom is 0.258 e. The molecule has 0 fully saturated rings. The molecular weight excluding hydrogens is 391 g/mol. The van der Waals surface area contributed by atoms with E-state index in [1.54, 1.807) is 18.2 Å². The van der Waals surface area contributed by atoms with E-state index >= 15 is 0 Å². The minimum atomic E-state index is -0.533. The molecule has 0 spiro atoms. The zero-order chi connectivity index (χ0) is 14.9. The van der Waals surface area contributed by atoms with Gasteiger partial charge in [0.05, 0.1) is 26.3 Å². The summed E-state index contributed by atoms with van der Waals surface area (Å²) in [5.41, 5.74) is 0.372. The van der Waals surface area contributed by atoms with Crippen molar-refractivity contribution in [3.63, 3.8) is 0 Å². The topological polar surface area (TPSA) is 29.1 Å². The third kappa shape index (κ3) is 3.26. The molecule has 2 nitrogen and oxygen atoms in total. The summed E-state index contributed by atoms with van der Waals surface area (Å²) in [7, 11) is 0.